The minimum Gasteiger partial charge on any atom is -0.485 e. The lowest BCUT2D eigenvalue weighted by Crippen LogP contribution is -2.06. The maximum Gasteiger partial charge on any atom is 0.165 e. The summed E-state index contributed by atoms with van der Waals surface area (Å²) in [5.74, 6) is -0.0151. The lowest BCUT2D eigenvalue weighted by atomic mass is 10.1. The highest BCUT2D eigenvalue weighted by Crippen LogP contribution is 2.29. The molecule has 0 spiro atoms. The van der Waals surface area contributed by atoms with Gasteiger partial charge in [0.2, 0.25) is 0 Å². The van der Waals surface area contributed by atoms with Gasteiger partial charge in [-0.25, -0.2) is 4.39 Å². The number of halogens is 1. The van der Waals surface area contributed by atoms with Gasteiger partial charge in [-0.1, -0.05) is 30.3 Å². The summed E-state index contributed by atoms with van der Waals surface area (Å²) in [7, 11) is 0. The van der Waals surface area contributed by atoms with E-state index in [4.69, 9.17) is 10.5 Å². The van der Waals surface area contributed by atoms with Gasteiger partial charge in [-0.15, -0.1) is 11.3 Å². The molecule has 1 aromatic heterocycles. The normalized spacial score (nSPS) is 11.0. The van der Waals surface area contributed by atoms with Crippen LogP contribution in [0.25, 0.3) is 10.1 Å². The fourth-order valence-electron chi connectivity index (χ4n) is 2.36. The first-order valence-corrected chi connectivity index (χ1v) is 7.73. The van der Waals surface area contributed by atoms with Crippen molar-refractivity contribution in [2.45, 2.75) is 13.0 Å². The Morgan fingerprint density at radius 2 is 1.90 bits per heavy atom. The third-order valence-electron chi connectivity index (χ3n) is 3.40. The molecule has 2 nitrogen and oxygen atoms in total. The van der Waals surface area contributed by atoms with E-state index in [9.17, 15) is 4.39 Å². The van der Waals surface area contributed by atoms with Crippen LogP contribution in [0.1, 0.15) is 11.1 Å². The van der Waals surface area contributed by atoms with E-state index in [-0.39, 0.29) is 5.82 Å². The number of para-hydroxylation sites is 1. The molecule has 0 saturated carbocycles. The molecule has 4 heteroatoms. The molecule has 0 unspecified atom stereocenters. The number of benzene rings is 2. The third kappa shape index (κ3) is 2.91. The summed E-state index contributed by atoms with van der Waals surface area (Å²) >= 11 is 1.67. The Morgan fingerprint density at radius 3 is 2.76 bits per heavy atom. The van der Waals surface area contributed by atoms with Crippen LogP contribution in [-0.4, -0.2) is 6.54 Å². The average Bonchev–Trinajstić information content (AvgIpc) is 2.90. The van der Waals surface area contributed by atoms with Gasteiger partial charge < -0.3 is 10.5 Å². The molecule has 2 aromatic carbocycles. The van der Waals surface area contributed by atoms with Gasteiger partial charge in [0.05, 0.1) is 0 Å². The van der Waals surface area contributed by atoms with Crippen LogP contribution in [0.15, 0.2) is 47.8 Å². The van der Waals surface area contributed by atoms with Gasteiger partial charge in [-0.2, -0.15) is 0 Å². The van der Waals surface area contributed by atoms with E-state index in [0.717, 1.165) is 11.1 Å². The summed E-state index contributed by atoms with van der Waals surface area (Å²) in [6.07, 6.45) is 0.609. The zero-order valence-corrected chi connectivity index (χ0v) is 12.3. The zero-order chi connectivity index (χ0) is 14.7. The van der Waals surface area contributed by atoms with E-state index in [1.165, 1.54) is 16.2 Å². The maximum atomic E-state index is 14.0. The van der Waals surface area contributed by atoms with Crippen LogP contribution in [-0.2, 0) is 13.0 Å². The van der Waals surface area contributed by atoms with Crippen molar-refractivity contribution in [3.8, 4) is 5.75 Å². The highest BCUT2D eigenvalue weighted by molar-refractivity contribution is 7.17. The lowest BCUT2D eigenvalue weighted by molar-refractivity contribution is 0.288. The molecule has 0 atom stereocenters. The lowest BCUT2D eigenvalue weighted by Gasteiger charge is -2.11. The molecule has 0 amide bonds. The fraction of sp³-hybridized carbons (Fsp3) is 0.176. The van der Waals surface area contributed by atoms with E-state index in [1.807, 2.05) is 18.2 Å². The Hall–Kier alpha value is -1.91. The number of ether oxygens (including phenoxy) is 1. The molecule has 3 rings (SSSR count). The van der Waals surface area contributed by atoms with Gasteiger partial charge in [-0.3, -0.25) is 0 Å². The minimum atomic E-state index is -0.333. The number of hydrogen-bond acceptors (Lipinski definition) is 3. The first-order chi connectivity index (χ1) is 10.3. The molecule has 0 fully saturated rings. The van der Waals surface area contributed by atoms with E-state index >= 15 is 0 Å². The summed E-state index contributed by atoms with van der Waals surface area (Å²) in [5, 5.41) is 3.23. The van der Waals surface area contributed by atoms with Crippen molar-refractivity contribution in [1.29, 1.82) is 0 Å². The predicted octanol–water partition coefficient (Wildman–Crippen LogP) is 4.12. The van der Waals surface area contributed by atoms with E-state index in [2.05, 4.69) is 17.5 Å². The van der Waals surface area contributed by atoms with Crippen molar-refractivity contribution in [2.75, 3.05) is 6.54 Å². The van der Waals surface area contributed by atoms with Crippen molar-refractivity contribution in [2.24, 2.45) is 5.73 Å². The van der Waals surface area contributed by atoms with Crippen molar-refractivity contribution in [3.05, 3.63) is 64.8 Å². The fourth-order valence-corrected chi connectivity index (χ4v) is 3.31. The zero-order valence-electron chi connectivity index (χ0n) is 11.5. The van der Waals surface area contributed by atoms with Crippen LogP contribution in [0.5, 0.6) is 5.75 Å². The van der Waals surface area contributed by atoms with Gasteiger partial charge in [-0.05, 0) is 41.4 Å². The van der Waals surface area contributed by atoms with Crippen LogP contribution in [0.4, 0.5) is 4.39 Å². The monoisotopic (exact) mass is 301 g/mol. The van der Waals surface area contributed by atoms with Crippen LogP contribution in [0, 0.1) is 5.82 Å². The number of rotatable bonds is 5. The molecule has 0 saturated heterocycles. The molecule has 0 aliphatic rings. The van der Waals surface area contributed by atoms with Gasteiger partial charge in [0, 0.05) is 10.3 Å². The molecule has 21 heavy (non-hydrogen) atoms. The predicted molar refractivity (Wildman–Crippen MR) is 85.3 cm³/mol. The highest BCUT2D eigenvalue weighted by atomic mass is 32.1. The van der Waals surface area contributed by atoms with Gasteiger partial charge in [0.1, 0.15) is 6.61 Å². The topological polar surface area (TPSA) is 35.2 Å². The Labute approximate surface area is 127 Å². The summed E-state index contributed by atoms with van der Waals surface area (Å²) in [5.41, 5.74) is 7.47. The SMILES string of the molecule is NCCc1cccc(F)c1OCc1csc2ccccc12. The molecule has 0 bridgehead atoms. The minimum absolute atomic E-state index is 0.318. The summed E-state index contributed by atoms with van der Waals surface area (Å²) < 4.78 is 20.9. The molecule has 0 aliphatic carbocycles. The standard InChI is InChI=1S/C17H16FNOS/c18-15-6-3-4-12(8-9-19)17(15)20-10-13-11-21-16-7-2-1-5-14(13)16/h1-7,11H,8-10,19H2. The molecular formula is C17H16FNOS. The Morgan fingerprint density at radius 1 is 1.05 bits per heavy atom. The smallest absolute Gasteiger partial charge is 0.165 e. The molecule has 0 aliphatic heterocycles. The van der Waals surface area contributed by atoms with E-state index in [0.29, 0.717) is 25.3 Å². The third-order valence-corrected chi connectivity index (χ3v) is 4.41. The van der Waals surface area contributed by atoms with Crippen molar-refractivity contribution >= 4 is 21.4 Å². The second-order valence-corrected chi connectivity index (χ2v) is 5.72. The van der Waals surface area contributed by atoms with Gasteiger partial charge in [0.15, 0.2) is 11.6 Å². The van der Waals surface area contributed by atoms with Crippen LogP contribution >= 0.6 is 11.3 Å². The highest BCUT2D eigenvalue weighted by Gasteiger charge is 2.11. The molecule has 3 aromatic rings. The van der Waals surface area contributed by atoms with Crippen molar-refractivity contribution < 1.29 is 9.13 Å². The average molecular weight is 301 g/mol. The van der Waals surface area contributed by atoms with E-state index in [1.54, 1.807) is 17.4 Å². The van der Waals surface area contributed by atoms with E-state index < -0.39 is 0 Å². The summed E-state index contributed by atoms with van der Waals surface area (Å²) in [6, 6.07) is 13.1. The van der Waals surface area contributed by atoms with Crippen LogP contribution < -0.4 is 10.5 Å². The van der Waals surface area contributed by atoms with Crippen LogP contribution in [0.3, 0.4) is 0 Å². The Bertz CT molecular complexity index is 753. The number of nitrogens with two attached hydrogens (primary N) is 1. The first kappa shape index (κ1) is 14.0. The molecular weight excluding hydrogens is 285 g/mol. The van der Waals surface area contributed by atoms with Crippen molar-refractivity contribution in [1.82, 2.24) is 0 Å². The number of thiophene rings is 1. The van der Waals surface area contributed by atoms with Gasteiger partial charge >= 0.3 is 0 Å². The summed E-state index contributed by atoms with van der Waals surface area (Å²) in [4.78, 5) is 0. The van der Waals surface area contributed by atoms with Crippen LogP contribution in [0.2, 0.25) is 0 Å². The van der Waals surface area contributed by atoms with Crippen molar-refractivity contribution in [3.63, 3.8) is 0 Å². The molecule has 0 radical (unpaired) electrons. The maximum absolute atomic E-state index is 14.0. The number of fused-ring (bicyclic) bond motifs is 1. The molecule has 108 valence electrons. The Balaban J connectivity index is 1.85. The second kappa shape index (κ2) is 6.24. The Kier molecular flexibility index (Phi) is 4.18. The number of hydrogen-bond donors (Lipinski definition) is 1. The second-order valence-electron chi connectivity index (χ2n) is 4.81. The molecule has 2 N–H and O–H groups in total. The van der Waals surface area contributed by atoms with Gasteiger partial charge in [0.25, 0.3) is 0 Å². The first-order valence-electron chi connectivity index (χ1n) is 6.85. The molecule has 1 heterocycles. The largest absolute Gasteiger partial charge is 0.485 e. The summed E-state index contributed by atoms with van der Waals surface area (Å²) in [6.45, 7) is 0.837. The quantitative estimate of drug-likeness (QED) is 0.769.